The lowest BCUT2D eigenvalue weighted by molar-refractivity contribution is -0.385. The van der Waals surface area contributed by atoms with Gasteiger partial charge in [0.05, 0.1) is 16.5 Å². The highest BCUT2D eigenvalue weighted by Crippen LogP contribution is 2.30. The van der Waals surface area contributed by atoms with E-state index in [9.17, 15) is 10.1 Å². The van der Waals surface area contributed by atoms with Crippen LogP contribution >= 0.6 is 0 Å². The number of nitro groups is 1. The summed E-state index contributed by atoms with van der Waals surface area (Å²) in [5.41, 5.74) is 1.69. The van der Waals surface area contributed by atoms with Crippen molar-refractivity contribution >= 4 is 17.2 Å². The normalized spacial score (nSPS) is 18.3. The molecule has 0 bridgehead atoms. The zero-order chi connectivity index (χ0) is 17.1. The molecule has 0 saturated heterocycles. The Hall–Kier alpha value is -2.69. The maximum absolute atomic E-state index is 11.4. The van der Waals surface area contributed by atoms with Crippen molar-refractivity contribution in [1.82, 2.24) is 0 Å². The van der Waals surface area contributed by atoms with Gasteiger partial charge in [-0.1, -0.05) is 50.6 Å². The second-order valence-electron chi connectivity index (χ2n) is 6.13. The summed E-state index contributed by atoms with van der Waals surface area (Å²) in [6.07, 6.45) is 1.03. The van der Waals surface area contributed by atoms with Crippen LogP contribution in [0, 0.1) is 16.0 Å². The number of rotatable bonds is 5. The van der Waals surface area contributed by atoms with Gasteiger partial charge in [0.1, 0.15) is 5.84 Å². The number of nitro benzene ring substituents is 1. The van der Waals surface area contributed by atoms with Crippen molar-refractivity contribution in [3.63, 3.8) is 0 Å². The number of hydrogen-bond acceptors (Lipinski definition) is 4. The van der Waals surface area contributed by atoms with E-state index in [-0.39, 0.29) is 16.7 Å². The maximum Gasteiger partial charge on any atom is 0.280 e. The molecule has 0 saturated carbocycles. The van der Waals surface area contributed by atoms with Crippen molar-refractivity contribution in [2.24, 2.45) is 10.9 Å². The summed E-state index contributed by atoms with van der Waals surface area (Å²) in [5, 5.41) is 11.4. The molecule has 2 aromatic carbocycles. The van der Waals surface area contributed by atoms with E-state index in [0.717, 1.165) is 18.7 Å². The molecule has 2 atom stereocenters. The minimum Gasteiger partial charge on any atom is -0.324 e. The number of para-hydroxylation sites is 2. The van der Waals surface area contributed by atoms with E-state index in [1.807, 2.05) is 36.4 Å². The standard InChI is InChI=1S/C19H21N3O2/c1-3-14(2)17-13-21(15-9-5-4-6-10-15)19(20-17)16-11-7-8-12-18(16)22(23)24/h4-12,14,17H,3,13H2,1-2H3/t14?,17-/m1/s1. The topological polar surface area (TPSA) is 58.7 Å². The minimum atomic E-state index is -0.336. The predicted molar refractivity (Wildman–Crippen MR) is 96.7 cm³/mol. The fourth-order valence-electron chi connectivity index (χ4n) is 2.99. The zero-order valence-electron chi connectivity index (χ0n) is 13.9. The molecule has 0 spiro atoms. The Bertz CT molecular complexity index is 758. The third kappa shape index (κ3) is 3.02. The van der Waals surface area contributed by atoms with E-state index in [2.05, 4.69) is 18.7 Å². The number of aliphatic imine (C=N–C) groups is 1. The van der Waals surface area contributed by atoms with Crippen molar-refractivity contribution in [1.29, 1.82) is 0 Å². The van der Waals surface area contributed by atoms with Crippen LogP contribution in [0.5, 0.6) is 0 Å². The lowest BCUT2D eigenvalue weighted by atomic mass is 10.0. The Balaban J connectivity index is 2.08. The average Bonchev–Trinajstić information content (AvgIpc) is 3.07. The molecule has 2 aromatic rings. The van der Waals surface area contributed by atoms with Crippen molar-refractivity contribution in [2.75, 3.05) is 11.4 Å². The van der Waals surface area contributed by atoms with Gasteiger partial charge in [0, 0.05) is 18.3 Å². The first-order chi connectivity index (χ1) is 11.6. The van der Waals surface area contributed by atoms with Crippen LogP contribution in [-0.2, 0) is 0 Å². The van der Waals surface area contributed by atoms with Gasteiger partial charge in [0.25, 0.3) is 5.69 Å². The van der Waals surface area contributed by atoms with Gasteiger partial charge in [-0.15, -0.1) is 0 Å². The molecule has 0 amide bonds. The predicted octanol–water partition coefficient (Wildman–Crippen LogP) is 4.28. The Kier molecular flexibility index (Phi) is 4.60. The first-order valence-electron chi connectivity index (χ1n) is 8.26. The van der Waals surface area contributed by atoms with Gasteiger partial charge in [-0.3, -0.25) is 15.1 Å². The number of nitrogens with zero attached hydrogens (tertiary/aromatic N) is 3. The van der Waals surface area contributed by atoms with Gasteiger partial charge >= 0.3 is 0 Å². The van der Waals surface area contributed by atoms with Gasteiger partial charge in [0.2, 0.25) is 0 Å². The van der Waals surface area contributed by atoms with Crippen molar-refractivity contribution in [2.45, 2.75) is 26.3 Å². The first kappa shape index (κ1) is 16.2. The molecule has 0 aliphatic carbocycles. The molecule has 3 rings (SSSR count). The van der Waals surface area contributed by atoms with Gasteiger partial charge in [-0.25, -0.2) is 0 Å². The summed E-state index contributed by atoms with van der Waals surface area (Å²) in [4.78, 5) is 18.1. The van der Waals surface area contributed by atoms with Crippen molar-refractivity contribution in [3.05, 3.63) is 70.3 Å². The van der Waals surface area contributed by atoms with Crippen LogP contribution in [0.4, 0.5) is 11.4 Å². The van der Waals surface area contributed by atoms with E-state index >= 15 is 0 Å². The summed E-state index contributed by atoms with van der Waals surface area (Å²) in [6, 6.07) is 16.9. The molecule has 1 aliphatic heterocycles. The van der Waals surface area contributed by atoms with Crippen LogP contribution in [0.15, 0.2) is 59.6 Å². The average molecular weight is 323 g/mol. The summed E-state index contributed by atoms with van der Waals surface area (Å²) in [5.74, 6) is 1.12. The molecule has 1 aliphatic rings. The van der Waals surface area contributed by atoms with Crippen LogP contribution in [0.25, 0.3) is 0 Å². The fraction of sp³-hybridized carbons (Fsp3) is 0.316. The molecular formula is C19H21N3O2. The number of anilines is 1. The Morgan fingerprint density at radius 2 is 1.88 bits per heavy atom. The van der Waals surface area contributed by atoms with E-state index in [1.54, 1.807) is 12.1 Å². The molecule has 1 unspecified atom stereocenters. The third-order valence-electron chi connectivity index (χ3n) is 4.62. The summed E-state index contributed by atoms with van der Waals surface area (Å²) in [6.45, 7) is 5.08. The molecular weight excluding hydrogens is 302 g/mol. The van der Waals surface area contributed by atoms with E-state index < -0.39 is 0 Å². The molecule has 0 N–H and O–H groups in total. The quantitative estimate of drug-likeness (QED) is 0.609. The van der Waals surface area contributed by atoms with Gasteiger partial charge < -0.3 is 4.90 Å². The van der Waals surface area contributed by atoms with Crippen molar-refractivity contribution < 1.29 is 4.92 Å². The summed E-state index contributed by atoms with van der Waals surface area (Å²) in [7, 11) is 0. The molecule has 5 heteroatoms. The Labute approximate surface area is 141 Å². The minimum absolute atomic E-state index is 0.0991. The molecule has 24 heavy (non-hydrogen) atoms. The smallest absolute Gasteiger partial charge is 0.280 e. The zero-order valence-corrected chi connectivity index (χ0v) is 13.9. The Morgan fingerprint density at radius 3 is 2.54 bits per heavy atom. The van der Waals surface area contributed by atoms with E-state index in [1.165, 1.54) is 6.07 Å². The summed E-state index contributed by atoms with van der Waals surface area (Å²) >= 11 is 0. The number of amidine groups is 1. The van der Waals surface area contributed by atoms with Crippen LogP contribution in [-0.4, -0.2) is 23.3 Å². The van der Waals surface area contributed by atoms with Gasteiger partial charge in [0.15, 0.2) is 0 Å². The highest BCUT2D eigenvalue weighted by Gasteiger charge is 2.33. The molecule has 0 fully saturated rings. The second kappa shape index (κ2) is 6.83. The van der Waals surface area contributed by atoms with Gasteiger partial charge in [-0.2, -0.15) is 0 Å². The third-order valence-corrected chi connectivity index (χ3v) is 4.62. The van der Waals surface area contributed by atoms with E-state index in [4.69, 9.17) is 4.99 Å². The second-order valence-corrected chi connectivity index (χ2v) is 6.13. The van der Waals surface area contributed by atoms with E-state index in [0.29, 0.717) is 17.3 Å². The van der Waals surface area contributed by atoms with Crippen LogP contribution in [0.3, 0.4) is 0 Å². The molecule has 0 radical (unpaired) electrons. The first-order valence-corrected chi connectivity index (χ1v) is 8.26. The highest BCUT2D eigenvalue weighted by molar-refractivity contribution is 6.13. The number of benzene rings is 2. The highest BCUT2D eigenvalue weighted by atomic mass is 16.6. The van der Waals surface area contributed by atoms with Crippen LogP contribution in [0.2, 0.25) is 0 Å². The van der Waals surface area contributed by atoms with Crippen LogP contribution < -0.4 is 4.90 Å². The lowest BCUT2D eigenvalue weighted by Gasteiger charge is -2.22. The van der Waals surface area contributed by atoms with Crippen molar-refractivity contribution in [3.8, 4) is 0 Å². The largest absolute Gasteiger partial charge is 0.324 e. The summed E-state index contributed by atoms with van der Waals surface area (Å²) < 4.78 is 0. The maximum atomic E-state index is 11.4. The van der Waals surface area contributed by atoms with Crippen LogP contribution in [0.1, 0.15) is 25.8 Å². The Morgan fingerprint density at radius 1 is 1.21 bits per heavy atom. The lowest BCUT2D eigenvalue weighted by Crippen LogP contribution is -2.31. The SMILES string of the molecule is CCC(C)[C@H]1CN(c2ccccc2)C(c2ccccc2[N+](=O)[O-])=N1. The number of hydrogen-bond donors (Lipinski definition) is 0. The molecule has 124 valence electrons. The monoisotopic (exact) mass is 323 g/mol. The molecule has 0 aromatic heterocycles. The fourth-order valence-corrected chi connectivity index (χ4v) is 2.99. The molecule has 1 heterocycles. The van der Waals surface area contributed by atoms with Gasteiger partial charge in [-0.05, 0) is 24.1 Å². The molecule has 5 nitrogen and oxygen atoms in total.